The number of cyclic esters (lactones) is 1. The number of aromatic hydroxyl groups is 1. The molecule has 0 aliphatic carbocycles. The van der Waals surface area contributed by atoms with Gasteiger partial charge in [0.1, 0.15) is 78.3 Å². The van der Waals surface area contributed by atoms with E-state index < -0.39 is 255 Å². The van der Waals surface area contributed by atoms with E-state index in [0.717, 1.165) is 90.4 Å². The lowest BCUT2D eigenvalue weighted by molar-refractivity contribution is -0.155. The minimum atomic E-state index is -2.25. The Bertz CT molecular complexity index is 3440. The quantitative estimate of drug-likeness (QED) is 0.0252. The Balaban J connectivity index is 1.84. The van der Waals surface area contributed by atoms with Gasteiger partial charge < -0.3 is 131 Å². The van der Waals surface area contributed by atoms with E-state index in [-0.39, 0.29) is 57.4 Å². The average molecular weight is 1650 g/mol. The van der Waals surface area contributed by atoms with Gasteiger partial charge in [0.15, 0.2) is 0 Å². The van der Waals surface area contributed by atoms with Crippen LogP contribution in [0.4, 0.5) is 0 Å². The molecule has 1 aromatic rings. The van der Waals surface area contributed by atoms with Crippen molar-refractivity contribution in [3.63, 3.8) is 0 Å². The lowest BCUT2D eigenvalue weighted by Gasteiger charge is -2.34. The lowest BCUT2D eigenvalue weighted by atomic mass is 9.99. The maximum atomic E-state index is 14.8. The van der Waals surface area contributed by atoms with Crippen LogP contribution in [0, 0.1) is 5.92 Å². The lowest BCUT2D eigenvalue weighted by Crippen LogP contribution is -2.64. The van der Waals surface area contributed by atoms with Crippen LogP contribution in [0.2, 0.25) is 0 Å². The molecule has 1 unspecified atom stereocenters. The second kappa shape index (κ2) is 49.7. The average Bonchev–Trinajstić information content (AvgIpc) is 1.64. The van der Waals surface area contributed by atoms with E-state index >= 15 is 0 Å². The first-order chi connectivity index (χ1) is 54.7. The van der Waals surface area contributed by atoms with E-state index in [1.807, 2.05) is 0 Å². The SMILES string of the molecule is CCCCCCCCCCCCC[C@@H]1CC(=O)N[C@H]([C@@H](C)O)C(=O)N[C@H](C)C(=O)N[C@@H](Cc2ccc(O)cc2)C(=O)N[C@@H](C(C)C)C(=O)N2C[C@H](O)C[C@H]2C(=O)NC([C@@H](C)O)C(=O)N[C@@H]([C@@H](C)O)C(=O)N2CC[C@H](O)[C@H]2C(=O)N[C@@H]([C@H](O)CC(N)=O)C(=O)NCC(=O)N[C@H]([C@@H](C)O)C(=O)N[C@@H](CCCNC(=O)[C@@H](N)CCCN)C(=O)O1. The smallest absolute Gasteiger partial charge is 0.328 e. The second-order valence-corrected chi connectivity index (χ2v) is 30.7. The number of nitrogens with two attached hydrogens (primary N) is 3. The van der Waals surface area contributed by atoms with Gasteiger partial charge >= 0.3 is 5.97 Å². The molecule has 3 aliphatic rings. The van der Waals surface area contributed by atoms with E-state index in [0.29, 0.717) is 29.7 Å². The van der Waals surface area contributed by atoms with Crippen molar-refractivity contribution in [2.24, 2.45) is 23.1 Å². The van der Waals surface area contributed by atoms with Crippen molar-refractivity contribution in [3.8, 4) is 5.75 Å². The summed E-state index contributed by atoms with van der Waals surface area (Å²) in [6.45, 7) is 8.67. The third-order valence-electron chi connectivity index (χ3n) is 20.3. The molecule has 40 nitrogen and oxygen atoms in total. The van der Waals surface area contributed by atoms with Gasteiger partial charge in [0.2, 0.25) is 82.7 Å². The van der Waals surface area contributed by atoms with Gasteiger partial charge in [0, 0.05) is 32.5 Å². The summed E-state index contributed by atoms with van der Waals surface area (Å²) in [6, 6.07) is -15.7. The number of carbonyl (C=O) groups is 15. The standard InChI is InChI=1S/C76H126N16O24/c1-9-10-11-12-13-14-15-16-17-18-19-22-48-35-56(102)85-59(41(5)93)70(109)82-40(4)65(104)84-51(33-45-25-27-46(97)28-26-45)67(106)87-58(39(2)3)74(113)92-38-47(98)34-52(92)68(107)88-61(43(7)95)72(111)89-62(44(8)96)75(114)91-32-29-53(99)64(91)73(112)90-63(54(100)36-55(79)101)69(108)81-37-57(103)86-60(42(6)94)71(110)83-50(76(115)116-48)24-21-31-80-66(105)49(78)23-20-30-77/h25-28,39-44,47-54,58-64,93-100H,9-24,29-38,77-78H2,1-8H3,(H2,79,101)(H,80,105)(H,81,108)(H,82,109)(H,83,110)(H,84,104)(H,85,102)(H,86,103)(H,87,106)(H,88,107)(H,89,111)(H,90,112)/t40-,41-,42-,43-,44-,47-,48-,49+,50+,51+,52+,53+,54-,58+,59-,60-,61?,62+,63+,64+/m1/s1. The monoisotopic (exact) mass is 1650 g/mol. The highest BCUT2D eigenvalue weighted by Gasteiger charge is 2.49. The zero-order valence-electron chi connectivity index (χ0n) is 67.6. The molecule has 3 heterocycles. The normalized spacial score (nSPS) is 27.2. The van der Waals surface area contributed by atoms with Crippen LogP contribution in [0.1, 0.15) is 189 Å². The number of fused-ring (bicyclic) bond motifs is 2. The molecule has 654 valence electrons. The number of nitrogens with one attached hydrogen (secondary N) is 11. The van der Waals surface area contributed by atoms with Crippen molar-refractivity contribution < 1.29 is 118 Å². The molecular weight excluding hydrogens is 1520 g/mol. The summed E-state index contributed by atoms with van der Waals surface area (Å²) in [7, 11) is 0. The second-order valence-electron chi connectivity index (χ2n) is 30.7. The van der Waals surface area contributed by atoms with Crippen LogP contribution >= 0.6 is 0 Å². The van der Waals surface area contributed by atoms with Gasteiger partial charge in [-0.3, -0.25) is 67.1 Å². The fourth-order valence-corrected chi connectivity index (χ4v) is 13.6. The fourth-order valence-electron chi connectivity index (χ4n) is 13.6. The molecule has 0 radical (unpaired) electrons. The molecule has 3 aliphatic heterocycles. The molecule has 4 rings (SSSR count). The number of rotatable bonds is 30. The van der Waals surface area contributed by atoms with Gasteiger partial charge in [0.25, 0.3) is 0 Å². The van der Waals surface area contributed by atoms with Crippen LogP contribution < -0.4 is 75.7 Å². The van der Waals surface area contributed by atoms with Crippen LogP contribution in [-0.4, -0.2) is 293 Å². The molecule has 3 fully saturated rings. The summed E-state index contributed by atoms with van der Waals surface area (Å²) in [5, 5.41) is 114. The number of aliphatic hydroxyl groups excluding tert-OH is 7. The largest absolute Gasteiger partial charge is 0.508 e. The van der Waals surface area contributed by atoms with Crippen LogP contribution in [0.3, 0.4) is 0 Å². The first-order valence-electron chi connectivity index (χ1n) is 40.1. The summed E-state index contributed by atoms with van der Waals surface area (Å²) in [4.78, 5) is 213. The summed E-state index contributed by atoms with van der Waals surface area (Å²) in [6.07, 6.45) is -6.36. The minimum absolute atomic E-state index is 0.0135. The molecule has 14 amide bonds. The highest BCUT2D eigenvalue weighted by atomic mass is 16.5. The number of nitrogens with zero attached hydrogens (tertiary/aromatic N) is 2. The van der Waals surface area contributed by atoms with Gasteiger partial charge in [-0.1, -0.05) is 97.1 Å². The number of ether oxygens (including phenoxy) is 1. The van der Waals surface area contributed by atoms with Crippen LogP contribution in [0.5, 0.6) is 5.75 Å². The number of benzene rings is 1. The number of hydrogen-bond acceptors (Lipinski definition) is 26. The molecular formula is C76H126N16O24. The van der Waals surface area contributed by atoms with Crippen molar-refractivity contribution in [2.45, 2.75) is 312 Å². The zero-order valence-corrected chi connectivity index (χ0v) is 67.6. The number of esters is 1. The van der Waals surface area contributed by atoms with Crippen LogP contribution in [-0.2, 0) is 83.1 Å². The maximum Gasteiger partial charge on any atom is 0.328 e. The van der Waals surface area contributed by atoms with E-state index in [1.54, 1.807) is 0 Å². The number of phenolic OH excluding ortho intramolecular Hbond substituents is 1. The van der Waals surface area contributed by atoms with Crippen molar-refractivity contribution >= 4 is 88.7 Å². The summed E-state index contributed by atoms with van der Waals surface area (Å²) in [5.41, 5.74) is 17.4. The predicted octanol–water partition coefficient (Wildman–Crippen LogP) is -6.25. The number of carbonyl (C=O) groups excluding carboxylic acids is 15. The molecule has 1 aromatic carbocycles. The third-order valence-corrected chi connectivity index (χ3v) is 20.3. The Morgan fingerprint density at radius 1 is 0.569 bits per heavy atom. The van der Waals surface area contributed by atoms with Crippen LogP contribution in [0.15, 0.2) is 24.3 Å². The third kappa shape index (κ3) is 32.3. The molecule has 0 aromatic heterocycles. The molecule has 0 saturated carbocycles. The Labute approximate surface area is 674 Å². The molecule has 0 bridgehead atoms. The Morgan fingerprint density at radius 3 is 1.66 bits per heavy atom. The van der Waals surface area contributed by atoms with Gasteiger partial charge in [0.05, 0.1) is 68.2 Å². The Kier molecular flexibility index (Phi) is 42.4. The molecule has 3 saturated heterocycles. The molecule has 25 N–H and O–H groups in total. The van der Waals surface area contributed by atoms with Crippen molar-refractivity contribution in [1.82, 2.24) is 68.3 Å². The Morgan fingerprint density at radius 2 is 1.09 bits per heavy atom. The van der Waals surface area contributed by atoms with Crippen molar-refractivity contribution in [3.05, 3.63) is 29.8 Å². The zero-order chi connectivity index (χ0) is 86.8. The summed E-state index contributed by atoms with van der Waals surface area (Å²) in [5.74, 6) is -18.1. The number of primary amides is 1. The van der Waals surface area contributed by atoms with Crippen LogP contribution in [0.25, 0.3) is 0 Å². The first kappa shape index (κ1) is 99.1. The van der Waals surface area contributed by atoms with E-state index in [2.05, 4.69) is 65.4 Å². The van der Waals surface area contributed by atoms with Gasteiger partial charge in [-0.2, -0.15) is 0 Å². The van der Waals surface area contributed by atoms with Crippen molar-refractivity contribution in [1.29, 1.82) is 0 Å². The van der Waals surface area contributed by atoms with E-state index in [9.17, 15) is 113 Å². The van der Waals surface area contributed by atoms with E-state index in [1.165, 1.54) is 45.0 Å². The molecule has 116 heavy (non-hydrogen) atoms. The predicted molar refractivity (Wildman–Crippen MR) is 416 cm³/mol. The molecule has 40 heteroatoms. The number of amides is 14. The van der Waals surface area contributed by atoms with Gasteiger partial charge in [-0.05, 0) is 110 Å². The highest BCUT2D eigenvalue weighted by molar-refractivity contribution is 6.00. The highest BCUT2D eigenvalue weighted by Crippen LogP contribution is 2.25. The number of unbranched alkanes of at least 4 members (excludes halogenated alkanes) is 10. The fraction of sp³-hybridized carbons (Fsp3) is 0.724. The molecule has 0 spiro atoms. The number of aliphatic hydroxyl groups is 7. The van der Waals surface area contributed by atoms with Crippen molar-refractivity contribution in [2.75, 3.05) is 32.7 Å². The topological polar surface area (TPSA) is 644 Å². The maximum absolute atomic E-state index is 14.8. The summed E-state index contributed by atoms with van der Waals surface area (Å²) < 4.78 is 6.03. The first-order valence-corrected chi connectivity index (χ1v) is 40.1. The van der Waals surface area contributed by atoms with Gasteiger partial charge in [-0.15, -0.1) is 0 Å². The molecule has 20 atom stereocenters. The van der Waals surface area contributed by atoms with E-state index in [4.69, 9.17) is 21.9 Å². The summed E-state index contributed by atoms with van der Waals surface area (Å²) >= 11 is 0. The van der Waals surface area contributed by atoms with Gasteiger partial charge in [-0.25, -0.2) is 4.79 Å². The minimum Gasteiger partial charge on any atom is -0.508 e. The number of hydrogen-bond donors (Lipinski definition) is 22. The Hall–Kier alpha value is -9.29. The number of phenols is 1.